The number of nitrogens with one attached hydrogen (secondary N) is 1. The van der Waals surface area contributed by atoms with Crippen molar-refractivity contribution in [2.24, 2.45) is 5.92 Å². The zero-order valence-electron chi connectivity index (χ0n) is 14.1. The van der Waals surface area contributed by atoms with Crippen molar-refractivity contribution in [2.45, 2.75) is 31.8 Å². The molecule has 5 nitrogen and oxygen atoms in total. The van der Waals surface area contributed by atoms with E-state index in [1.165, 1.54) is 5.56 Å². The lowest BCUT2D eigenvalue weighted by atomic mass is 10.1. The number of benzene rings is 1. The molecule has 2 unspecified atom stereocenters. The first-order valence-corrected chi connectivity index (χ1v) is 8.34. The van der Waals surface area contributed by atoms with Crippen molar-refractivity contribution in [2.75, 3.05) is 33.8 Å². The molecule has 1 aromatic carbocycles. The van der Waals surface area contributed by atoms with Crippen LogP contribution in [0.5, 0.6) is 5.75 Å². The van der Waals surface area contributed by atoms with E-state index in [1.807, 2.05) is 36.2 Å². The Morgan fingerprint density at radius 1 is 1.35 bits per heavy atom. The zero-order valence-corrected chi connectivity index (χ0v) is 14.1. The lowest BCUT2D eigenvalue weighted by Crippen LogP contribution is -2.39. The van der Waals surface area contributed by atoms with Gasteiger partial charge in [-0.15, -0.1) is 0 Å². The molecule has 5 heteroatoms. The molecule has 1 aliphatic rings. The van der Waals surface area contributed by atoms with Crippen LogP contribution < -0.4 is 10.1 Å². The second-order valence-electron chi connectivity index (χ2n) is 6.40. The van der Waals surface area contributed by atoms with Crippen molar-refractivity contribution in [1.82, 2.24) is 10.2 Å². The Labute approximate surface area is 138 Å². The Morgan fingerprint density at radius 3 is 2.70 bits per heavy atom. The lowest BCUT2D eigenvalue weighted by molar-refractivity contribution is -0.122. The molecule has 1 aliphatic carbocycles. The fraction of sp³-hybridized carbons (Fsp3) is 0.611. The molecular formula is C18H28N2O3. The van der Waals surface area contributed by atoms with Crippen LogP contribution in [0.15, 0.2) is 24.3 Å². The van der Waals surface area contributed by atoms with Crippen LogP contribution in [0, 0.1) is 5.92 Å². The SMILES string of the molecule is COc1ccc(CCNC(=O)CN(C)CC2CCCC2O)cc1. The average molecular weight is 320 g/mol. The minimum Gasteiger partial charge on any atom is -0.497 e. The number of aliphatic hydroxyl groups is 1. The molecule has 1 fully saturated rings. The number of hydrogen-bond acceptors (Lipinski definition) is 4. The fourth-order valence-corrected chi connectivity index (χ4v) is 3.13. The standard InChI is InChI=1S/C18H28N2O3/c1-20(12-15-4-3-5-17(15)21)13-18(22)19-11-10-14-6-8-16(23-2)9-7-14/h6-9,15,17,21H,3-5,10-13H2,1-2H3,(H,19,22). The van der Waals surface area contributed by atoms with E-state index in [4.69, 9.17) is 4.74 Å². The molecular weight excluding hydrogens is 292 g/mol. The van der Waals surface area contributed by atoms with Gasteiger partial charge in [0.15, 0.2) is 0 Å². The first-order valence-electron chi connectivity index (χ1n) is 8.34. The van der Waals surface area contributed by atoms with Gasteiger partial charge in [-0.2, -0.15) is 0 Å². The molecule has 0 saturated heterocycles. The molecule has 0 aliphatic heterocycles. The van der Waals surface area contributed by atoms with Crippen molar-refractivity contribution in [3.63, 3.8) is 0 Å². The van der Waals surface area contributed by atoms with E-state index < -0.39 is 0 Å². The highest BCUT2D eigenvalue weighted by atomic mass is 16.5. The van der Waals surface area contributed by atoms with Gasteiger partial charge < -0.3 is 15.2 Å². The summed E-state index contributed by atoms with van der Waals surface area (Å²) in [5.74, 6) is 1.19. The van der Waals surface area contributed by atoms with E-state index in [2.05, 4.69) is 5.32 Å². The van der Waals surface area contributed by atoms with Gasteiger partial charge in [0.2, 0.25) is 5.91 Å². The molecule has 2 rings (SSSR count). The smallest absolute Gasteiger partial charge is 0.234 e. The van der Waals surface area contributed by atoms with Crippen LogP contribution in [0.3, 0.4) is 0 Å². The molecule has 23 heavy (non-hydrogen) atoms. The van der Waals surface area contributed by atoms with E-state index >= 15 is 0 Å². The molecule has 0 bridgehead atoms. The van der Waals surface area contributed by atoms with E-state index in [-0.39, 0.29) is 12.0 Å². The van der Waals surface area contributed by atoms with Gasteiger partial charge in [-0.05, 0) is 49.9 Å². The van der Waals surface area contributed by atoms with E-state index in [9.17, 15) is 9.90 Å². The quantitative estimate of drug-likeness (QED) is 0.761. The molecule has 1 saturated carbocycles. The number of methoxy groups -OCH3 is 1. The first kappa shape index (κ1) is 17.8. The summed E-state index contributed by atoms with van der Waals surface area (Å²) >= 11 is 0. The summed E-state index contributed by atoms with van der Waals surface area (Å²) in [7, 11) is 3.59. The van der Waals surface area contributed by atoms with Crippen LogP contribution in [-0.4, -0.2) is 55.8 Å². The van der Waals surface area contributed by atoms with Crippen LogP contribution in [-0.2, 0) is 11.2 Å². The van der Waals surface area contributed by atoms with Crippen LogP contribution in [0.1, 0.15) is 24.8 Å². The molecule has 2 atom stereocenters. The van der Waals surface area contributed by atoms with Gasteiger partial charge in [-0.1, -0.05) is 18.6 Å². The Hall–Kier alpha value is -1.59. The Bertz CT molecular complexity index is 490. The molecule has 0 heterocycles. The molecule has 0 spiro atoms. The minimum atomic E-state index is -0.199. The second-order valence-corrected chi connectivity index (χ2v) is 6.40. The lowest BCUT2D eigenvalue weighted by Gasteiger charge is -2.22. The third kappa shape index (κ3) is 5.84. The summed E-state index contributed by atoms with van der Waals surface area (Å²) in [5.41, 5.74) is 1.17. The number of amides is 1. The molecule has 0 radical (unpaired) electrons. The van der Waals surface area contributed by atoms with Gasteiger partial charge in [0.05, 0.1) is 19.8 Å². The highest BCUT2D eigenvalue weighted by Gasteiger charge is 2.26. The maximum Gasteiger partial charge on any atom is 0.234 e. The fourth-order valence-electron chi connectivity index (χ4n) is 3.13. The van der Waals surface area contributed by atoms with Crippen LogP contribution in [0.2, 0.25) is 0 Å². The molecule has 0 aromatic heterocycles. The van der Waals surface area contributed by atoms with Crippen molar-refractivity contribution in [1.29, 1.82) is 0 Å². The molecule has 2 N–H and O–H groups in total. The number of carbonyl (C=O) groups excluding carboxylic acids is 1. The number of likely N-dealkylation sites (N-methyl/N-ethyl adjacent to an activating group) is 1. The third-order valence-electron chi connectivity index (χ3n) is 4.47. The maximum absolute atomic E-state index is 12.0. The average Bonchev–Trinajstić information content (AvgIpc) is 2.93. The van der Waals surface area contributed by atoms with Crippen LogP contribution >= 0.6 is 0 Å². The van der Waals surface area contributed by atoms with Gasteiger partial charge >= 0.3 is 0 Å². The Kier molecular flexibility index (Phi) is 6.86. The summed E-state index contributed by atoms with van der Waals surface area (Å²) in [4.78, 5) is 14.0. The number of rotatable bonds is 8. The Morgan fingerprint density at radius 2 is 2.09 bits per heavy atom. The summed E-state index contributed by atoms with van der Waals surface area (Å²) in [6, 6.07) is 7.88. The van der Waals surface area contributed by atoms with Gasteiger partial charge in [0, 0.05) is 13.1 Å². The number of carbonyl (C=O) groups is 1. The molecule has 1 amide bonds. The number of ether oxygens (including phenoxy) is 1. The normalized spacial score (nSPS) is 20.7. The van der Waals surface area contributed by atoms with Gasteiger partial charge in [-0.25, -0.2) is 0 Å². The van der Waals surface area contributed by atoms with E-state index in [0.29, 0.717) is 19.0 Å². The van der Waals surface area contributed by atoms with Crippen molar-refractivity contribution in [3.05, 3.63) is 29.8 Å². The predicted octanol–water partition coefficient (Wildman–Crippen LogP) is 1.45. The highest BCUT2D eigenvalue weighted by molar-refractivity contribution is 5.77. The van der Waals surface area contributed by atoms with Crippen molar-refractivity contribution in [3.8, 4) is 5.75 Å². The third-order valence-corrected chi connectivity index (χ3v) is 4.47. The first-order chi connectivity index (χ1) is 11.1. The van der Waals surface area contributed by atoms with Gasteiger partial charge in [-0.3, -0.25) is 9.69 Å². The highest BCUT2D eigenvalue weighted by Crippen LogP contribution is 2.25. The van der Waals surface area contributed by atoms with Gasteiger partial charge in [0.1, 0.15) is 5.75 Å². The number of nitrogens with zero attached hydrogens (tertiary/aromatic N) is 1. The summed E-state index contributed by atoms with van der Waals surface area (Å²) in [5, 5.41) is 12.8. The number of hydrogen-bond donors (Lipinski definition) is 2. The monoisotopic (exact) mass is 320 g/mol. The summed E-state index contributed by atoms with van der Waals surface area (Å²) in [6.07, 6.45) is 3.65. The molecule has 128 valence electrons. The van der Waals surface area contributed by atoms with Crippen LogP contribution in [0.4, 0.5) is 0 Å². The Balaban J connectivity index is 1.64. The van der Waals surface area contributed by atoms with Crippen molar-refractivity contribution >= 4 is 5.91 Å². The summed E-state index contributed by atoms with van der Waals surface area (Å²) < 4.78 is 5.12. The number of aliphatic hydroxyl groups excluding tert-OH is 1. The summed E-state index contributed by atoms with van der Waals surface area (Å²) in [6.45, 7) is 1.80. The zero-order chi connectivity index (χ0) is 16.7. The van der Waals surface area contributed by atoms with E-state index in [0.717, 1.165) is 38.0 Å². The minimum absolute atomic E-state index is 0.0356. The molecule has 1 aromatic rings. The largest absolute Gasteiger partial charge is 0.497 e. The van der Waals surface area contributed by atoms with Crippen molar-refractivity contribution < 1.29 is 14.6 Å². The van der Waals surface area contributed by atoms with E-state index in [1.54, 1.807) is 7.11 Å². The second kappa shape index (κ2) is 8.89. The maximum atomic E-state index is 12.0. The van der Waals surface area contributed by atoms with Gasteiger partial charge in [0.25, 0.3) is 0 Å². The topological polar surface area (TPSA) is 61.8 Å². The van der Waals surface area contributed by atoms with Crippen LogP contribution in [0.25, 0.3) is 0 Å². The predicted molar refractivity (Wildman–Crippen MR) is 90.6 cm³/mol.